The fourth-order valence-electron chi connectivity index (χ4n) is 4.31. The van der Waals surface area contributed by atoms with Crippen LogP contribution in [0.1, 0.15) is 25.8 Å². The average Bonchev–Trinajstić information content (AvgIpc) is 2.67. The molecule has 0 bridgehead atoms. The van der Waals surface area contributed by atoms with E-state index in [0.717, 1.165) is 13.1 Å². The highest BCUT2D eigenvalue weighted by molar-refractivity contribution is 7.89. The molecule has 0 saturated carbocycles. The van der Waals surface area contributed by atoms with Gasteiger partial charge in [0.2, 0.25) is 15.9 Å². The van der Waals surface area contributed by atoms with E-state index in [1.54, 1.807) is 17.0 Å². The van der Waals surface area contributed by atoms with Crippen LogP contribution >= 0.6 is 0 Å². The smallest absolute Gasteiger partial charge is 0.244 e. The summed E-state index contributed by atoms with van der Waals surface area (Å²) in [6.45, 7) is 7.98. The van der Waals surface area contributed by atoms with Crippen LogP contribution in [-0.2, 0) is 14.8 Å². The minimum absolute atomic E-state index is 0.0357. The Morgan fingerprint density at radius 3 is 2.32 bits per heavy atom. The lowest BCUT2D eigenvalue weighted by molar-refractivity contribution is -0.134. The normalized spacial score (nSPS) is 24.7. The van der Waals surface area contributed by atoms with Crippen LogP contribution in [0.4, 0.5) is 0 Å². The van der Waals surface area contributed by atoms with Gasteiger partial charge in [-0.3, -0.25) is 9.69 Å². The largest absolute Gasteiger partial charge is 0.339 e. The molecule has 0 N–H and O–H groups in total. The molecule has 0 spiro atoms. The van der Waals surface area contributed by atoms with E-state index < -0.39 is 10.0 Å². The van der Waals surface area contributed by atoms with E-state index in [4.69, 9.17) is 0 Å². The Hall–Kier alpha value is -1.95. The van der Waals surface area contributed by atoms with E-state index in [1.807, 2.05) is 6.07 Å². The molecule has 2 aliphatic heterocycles. The van der Waals surface area contributed by atoms with E-state index in [9.17, 15) is 18.5 Å². The number of carbonyl (C=O) groups is 1. The van der Waals surface area contributed by atoms with Crippen molar-refractivity contribution in [3.63, 3.8) is 0 Å². The predicted molar refractivity (Wildman–Crippen MR) is 106 cm³/mol. The van der Waals surface area contributed by atoms with Gasteiger partial charge in [0, 0.05) is 39.3 Å². The second kappa shape index (κ2) is 8.60. The van der Waals surface area contributed by atoms with Crippen LogP contribution in [0.5, 0.6) is 0 Å². The Bertz CT molecular complexity index is 846. The van der Waals surface area contributed by atoms with Gasteiger partial charge in [-0.05, 0) is 30.4 Å². The van der Waals surface area contributed by atoms with Gasteiger partial charge in [0.05, 0.1) is 17.0 Å². The highest BCUT2D eigenvalue weighted by Gasteiger charge is 2.32. The summed E-state index contributed by atoms with van der Waals surface area (Å²) in [6, 6.07) is 8.18. The lowest BCUT2D eigenvalue weighted by Gasteiger charge is -2.38. The Morgan fingerprint density at radius 2 is 1.71 bits per heavy atom. The van der Waals surface area contributed by atoms with Crippen LogP contribution in [-0.4, -0.2) is 74.2 Å². The van der Waals surface area contributed by atoms with Crippen molar-refractivity contribution in [2.45, 2.75) is 25.2 Å². The maximum atomic E-state index is 12.9. The number of piperidine rings is 1. The molecule has 2 unspecified atom stereocenters. The molecule has 1 aromatic carbocycles. The molecule has 0 aromatic heterocycles. The van der Waals surface area contributed by atoms with Crippen LogP contribution in [0.25, 0.3) is 0 Å². The van der Waals surface area contributed by atoms with Crippen molar-refractivity contribution in [3.05, 3.63) is 29.8 Å². The van der Waals surface area contributed by atoms with Crippen LogP contribution in [0.3, 0.4) is 0 Å². The van der Waals surface area contributed by atoms with Crippen molar-refractivity contribution in [2.24, 2.45) is 11.8 Å². The van der Waals surface area contributed by atoms with Crippen molar-refractivity contribution in [1.82, 2.24) is 14.1 Å². The second-order valence-electron chi connectivity index (χ2n) is 8.03. The molecule has 2 fully saturated rings. The highest BCUT2D eigenvalue weighted by atomic mass is 32.2. The Balaban J connectivity index is 1.59. The molecule has 2 atom stereocenters. The Kier molecular flexibility index (Phi) is 6.38. The molecule has 3 rings (SSSR count). The molecule has 1 amide bonds. The van der Waals surface area contributed by atoms with Crippen molar-refractivity contribution in [1.29, 1.82) is 5.26 Å². The minimum Gasteiger partial charge on any atom is -0.339 e. The summed E-state index contributed by atoms with van der Waals surface area (Å²) >= 11 is 0. The molecule has 152 valence electrons. The number of benzene rings is 1. The molecule has 1 aromatic rings. The van der Waals surface area contributed by atoms with Gasteiger partial charge in [0.15, 0.2) is 0 Å². The number of hydrogen-bond acceptors (Lipinski definition) is 5. The van der Waals surface area contributed by atoms with E-state index in [-0.39, 0.29) is 29.5 Å². The van der Waals surface area contributed by atoms with Crippen LogP contribution in [0.2, 0.25) is 0 Å². The minimum atomic E-state index is -3.73. The number of sulfonamides is 1. The lowest BCUT2D eigenvalue weighted by Crippen LogP contribution is -2.53. The summed E-state index contributed by atoms with van der Waals surface area (Å²) in [5.41, 5.74) is 0.148. The molecule has 2 heterocycles. The number of nitrogens with zero attached hydrogens (tertiary/aromatic N) is 4. The molecule has 0 radical (unpaired) electrons. The second-order valence-corrected chi connectivity index (χ2v) is 9.94. The number of piperazine rings is 1. The average molecular weight is 405 g/mol. The van der Waals surface area contributed by atoms with Gasteiger partial charge in [0.1, 0.15) is 6.07 Å². The van der Waals surface area contributed by atoms with E-state index in [0.29, 0.717) is 31.5 Å². The molecular formula is C20H28N4O3S. The first kappa shape index (κ1) is 20.8. The zero-order chi connectivity index (χ0) is 20.3. The Labute approximate surface area is 167 Å². The molecule has 2 saturated heterocycles. The molecule has 0 aliphatic carbocycles. The Morgan fingerprint density at radius 1 is 1.11 bits per heavy atom. The number of rotatable bonds is 4. The fraction of sp³-hybridized carbons (Fsp3) is 0.600. The third-order valence-corrected chi connectivity index (χ3v) is 7.48. The van der Waals surface area contributed by atoms with Crippen LogP contribution in [0.15, 0.2) is 29.2 Å². The predicted octanol–water partition coefficient (Wildman–Crippen LogP) is 1.37. The van der Waals surface area contributed by atoms with Gasteiger partial charge in [0.25, 0.3) is 0 Å². The van der Waals surface area contributed by atoms with Crippen LogP contribution < -0.4 is 0 Å². The number of carbonyl (C=O) groups excluding carboxylic acids is 1. The van der Waals surface area contributed by atoms with Gasteiger partial charge < -0.3 is 4.90 Å². The van der Waals surface area contributed by atoms with Crippen molar-refractivity contribution in [2.75, 3.05) is 45.8 Å². The third-order valence-electron chi connectivity index (χ3n) is 5.52. The molecule has 2 aliphatic rings. The number of nitriles is 1. The summed E-state index contributed by atoms with van der Waals surface area (Å²) in [5, 5.41) is 9.20. The quantitative estimate of drug-likeness (QED) is 0.757. The summed E-state index contributed by atoms with van der Waals surface area (Å²) in [4.78, 5) is 16.7. The third kappa shape index (κ3) is 4.54. The molecule has 8 heteroatoms. The monoisotopic (exact) mass is 404 g/mol. The zero-order valence-corrected chi connectivity index (χ0v) is 17.4. The van der Waals surface area contributed by atoms with Gasteiger partial charge in [-0.15, -0.1) is 0 Å². The first-order valence-electron chi connectivity index (χ1n) is 9.80. The van der Waals surface area contributed by atoms with E-state index in [1.165, 1.54) is 22.9 Å². The van der Waals surface area contributed by atoms with E-state index in [2.05, 4.69) is 18.7 Å². The maximum absolute atomic E-state index is 12.9. The van der Waals surface area contributed by atoms with Gasteiger partial charge in [-0.25, -0.2) is 8.42 Å². The summed E-state index contributed by atoms with van der Waals surface area (Å²) < 4.78 is 27.2. The van der Waals surface area contributed by atoms with Gasteiger partial charge >= 0.3 is 0 Å². The number of hydrogen-bond donors (Lipinski definition) is 0. The standard InChI is InChI=1S/C20H28N4O3S/c1-16-11-17(2)14-22(13-16)15-20(25)23-7-9-24(10-8-23)28(26,27)19-6-4-3-5-18(19)12-21/h3-6,16-17H,7-11,13-15H2,1-2H3. The molecular weight excluding hydrogens is 376 g/mol. The lowest BCUT2D eigenvalue weighted by atomic mass is 9.92. The fourth-order valence-corrected chi connectivity index (χ4v) is 5.88. The molecule has 28 heavy (non-hydrogen) atoms. The molecule has 7 nitrogen and oxygen atoms in total. The summed E-state index contributed by atoms with van der Waals surface area (Å²) in [7, 11) is -3.73. The van der Waals surface area contributed by atoms with Crippen LogP contribution in [0, 0.1) is 23.2 Å². The maximum Gasteiger partial charge on any atom is 0.244 e. The first-order chi connectivity index (χ1) is 13.3. The number of likely N-dealkylation sites (tertiary alicyclic amines) is 1. The number of amides is 1. The topological polar surface area (TPSA) is 84.7 Å². The van der Waals surface area contributed by atoms with E-state index >= 15 is 0 Å². The van der Waals surface area contributed by atoms with Crippen molar-refractivity contribution >= 4 is 15.9 Å². The highest BCUT2D eigenvalue weighted by Crippen LogP contribution is 2.22. The van der Waals surface area contributed by atoms with Gasteiger partial charge in [-0.2, -0.15) is 9.57 Å². The zero-order valence-electron chi connectivity index (χ0n) is 16.5. The van der Waals surface area contributed by atoms with Gasteiger partial charge in [-0.1, -0.05) is 26.0 Å². The first-order valence-corrected chi connectivity index (χ1v) is 11.2. The summed E-state index contributed by atoms with van der Waals surface area (Å²) in [6.07, 6.45) is 1.20. The SMILES string of the molecule is CC1CC(C)CN(CC(=O)N2CCN(S(=O)(=O)c3ccccc3C#N)CC2)C1. The van der Waals surface area contributed by atoms with Crippen molar-refractivity contribution in [3.8, 4) is 6.07 Å². The summed E-state index contributed by atoms with van der Waals surface area (Å²) in [5.74, 6) is 1.26. The van der Waals surface area contributed by atoms with Crippen molar-refractivity contribution < 1.29 is 13.2 Å².